The van der Waals surface area contributed by atoms with Crippen molar-refractivity contribution in [2.45, 2.75) is 11.3 Å². The van der Waals surface area contributed by atoms with Gasteiger partial charge >= 0.3 is 0 Å². The number of hydrogen-bond acceptors (Lipinski definition) is 6. The zero-order chi connectivity index (χ0) is 18.4. The Morgan fingerprint density at radius 2 is 2.32 bits per heavy atom. The molecule has 0 saturated carbocycles. The fraction of sp³-hybridized carbons (Fsp3) is 0.467. The lowest BCUT2D eigenvalue weighted by Gasteiger charge is -2.16. The van der Waals surface area contributed by atoms with Gasteiger partial charge in [0.2, 0.25) is 21.8 Å². The molecule has 3 N–H and O–H groups in total. The van der Waals surface area contributed by atoms with Crippen LogP contribution in [-0.2, 0) is 14.8 Å². The summed E-state index contributed by atoms with van der Waals surface area (Å²) in [6.45, 7) is 0.373. The summed E-state index contributed by atoms with van der Waals surface area (Å²) in [6.07, 6.45) is 2.03. The number of pyridine rings is 1. The average Bonchev–Trinajstić information content (AvgIpc) is 3.13. The smallest absolute Gasteiger partial charge is 0.244 e. The summed E-state index contributed by atoms with van der Waals surface area (Å²) in [6, 6.07) is 2.76. The van der Waals surface area contributed by atoms with Gasteiger partial charge in [0.25, 0.3) is 0 Å². The highest BCUT2D eigenvalue weighted by molar-refractivity contribution is 7.89. The molecule has 1 fully saturated rings. The minimum absolute atomic E-state index is 0.0116. The fourth-order valence-corrected chi connectivity index (χ4v) is 3.87. The van der Waals surface area contributed by atoms with Crippen LogP contribution in [0, 0.1) is 5.92 Å². The van der Waals surface area contributed by atoms with E-state index in [1.807, 2.05) is 0 Å². The molecule has 1 amide bonds. The molecule has 0 spiro atoms. The van der Waals surface area contributed by atoms with Crippen molar-refractivity contribution < 1.29 is 22.3 Å². The number of nitrogens with zero attached hydrogens (tertiary/aromatic N) is 2. The van der Waals surface area contributed by atoms with Crippen molar-refractivity contribution in [2.75, 3.05) is 33.3 Å². The molecular weight excluding hydrogens is 351 g/mol. The molecule has 8 nitrogen and oxygen atoms in total. The van der Waals surface area contributed by atoms with E-state index in [2.05, 4.69) is 10.3 Å². The summed E-state index contributed by atoms with van der Waals surface area (Å²) >= 11 is 0. The highest BCUT2D eigenvalue weighted by Gasteiger charge is 2.35. The molecule has 10 heteroatoms. The minimum Gasteiger partial charge on any atom is -0.473 e. The van der Waals surface area contributed by atoms with E-state index in [-0.39, 0.29) is 54.4 Å². The molecule has 2 heterocycles. The number of carbonyl (C=O) groups excluding carboxylic acids is 1. The van der Waals surface area contributed by atoms with Crippen LogP contribution in [0.1, 0.15) is 6.42 Å². The lowest BCUT2D eigenvalue weighted by molar-refractivity contribution is -0.123. The molecule has 1 aromatic rings. The third kappa shape index (κ3) is 4.53. The molecule has 1 aliphatic rings. The van der Waals surface area contributed by atoms with Crippen LogP contribution in [-0.4, -0.2) is 56.9 Å². The Bertz CT molecular complexity index is 736. The van der Waals surface area contributed by atoms with E-state index in [9.17, 15) is 17.6 Å². The normalized spacial score (nSPS) is 19.0. The maximum absolute atomic E-state index is 12.6. The van der Waals surface area contributed by atoms with E-state index in [1.54, 1.807) is 0 Å². The van der Waals surface area contributed by atoms with Crippen molar-refractivity contribution >= 4 is 15.9 Å². The third-order valence-corrected chi connectivity index (χ3v) is 5.79. The summed E-state index contributed by atoms with van der Waals surface area (Å²) in [5.41, 5.74) is 5.58. The Balaban J connectivity index is 2.04. The van der Waals surface area contributed by atoms with Crippen LogP contribution in [0.2, 0.25) is 0 Å². The number of aromatic nitrogens is 1. The van der Waals surface area contributed by atoms with Gasteiger partial charge in [-0.1, -0.05) is 0 Å². The molecule has 1 aliphatic heterocycles. The first kappa shape index (κ1) is 19.3. The molecule has 0 aromatic carbocycles. The van der Waals surface area contributed by atoms with Crippen LogP contribution in [0.4, 0.5) is 4.39 Å². The maximum Gasteiger partial charge on any atom is 0.244 e. The molecular formula is C15H21FN4O4S. The molecule has 0 aliphatic carbocycles. The van der Waals surface area contributed by atoms with E-state index in [0.29, 0.717) is 12.8 Å². The van der Waals surface area contributed by atoms with Gasteiger partial charge in [-0.15, -0.1) is 0 Å². The van der Waals surface area contributed by atoms with E-state index < -0.39 is 10.0 Å². The second-order valence-electron chi connectivity index (χ2n) is 5.56. The Morgan fingerprint density at radius 3 is 2.88 bits per heavy atom. The topological polar surface area (TPSA) is 115 Å². The van der Waals surface area contributed by atoms with Crippen LogP contribution in [0.25, 0.3) is 0 Å². The van der Waals surface area contributed by atoms with Crippen molar-refractivity contribution in [3.8, 4) is 5.88 Å². The number of sulfonamides is 1. The quantitative estimate of drug-likeness (QED) is 0.698. The van der Waals surface area contributed by atoms with Gasteiger partial charge in [-0.05, 0) is 12.5 Å². The van der Waals surface area contributed by atoms with Gasteiger partial charge in [-0.25, -0.2) is 17.8 Å². The highest BCUT2D eigenvalue weighted by Crippen LogP contribution is 2.24. The molecule has 0 radical (unpaired) electrons. The first-order valence-electron chi connectivity index (χ1n) is 7.71. The summed E-state index contributed by atoms with van der Waals surface area (Å²) < 4.78 is 44.1. The van der Waals surface area contributed by atoms with Crippen molar-refractivity contribution in [2.24, 2.45) is 11.7 Å². The zero-order valence-corrected chi connectivity index (χ0v) is 14.6. The predicted octanol–water partition coefficient (Wildman–Crippen LogP) is 0.0291. The summed E-state index contributed by atoms with van der Waals surface area (Å²) in [4.78, 5) is 15.6. The Morgan fingerprint density at radius 1 is 1.56 bits per heavy atom. The Labute approximate surface area is 145 Å². The summed E-state index contributed by atoms with van der Waals surface area (Å²) in [5, 5.41) is 2.53. The Kier molecular flexibility index (Phi) is 6.45. The SMILES string of the molecule is CNC(=O)[C@H]1CCN(S(=O)(=O)c2ccc(OC/C(=C/F)CN)nc2)C1. The molecule has 0 unspecified atom stereocenters. The van der Waals surface area contributed by atoms with Gasteiger partial charge < -0.3 is 15.8 Å². The summed E-state index contributed by atoms with van der Waals surface area (Å²) in [7, 11) is -2.20. The van der Waals surface area contributed by atoms with Gasteiger partial charge in [-0.3, -0.25) is 4.79 Å². The second-order valence-corrected chi connectivity index (χ2v) is 7.49. The molecule has 1 aromatic heterocycles. The van der Waals surface area contributed by atoms with Crippen LogP contribution in [0.15, 0.2) is 35.1 Å². The number of hydrogen-bond donors (Lipinski definition) is 2. The van der Waals surface area contributed by atoms with Crippen molar-refractivity contribution in [3.05, 3.63) is 30.2 Å². The van der Waals surface area contributed by atoms with E-state index >= 15 is 0 Å². The largest absolute Gasteiger partial charge is 0.473 e. The lowest BCUT2D eigenvalue weighted by Crippen LogP contribution is -2.33. The number of amides is 1. The van der Waals surface area contributed by atoms with Crippen molar-refractivity contribution in [3.63, 3.8) is 0 Å². The molecule has 1 atom stereocenters. The summed E-state index contributed by atoms with van der Waals surface area (Å²) in [5.74, 6) is -0.356. The monoisotopic (exact) mass is 372 g/mol. The van der Waals surface area contributed by atoms with Gasteiger partial charge in [0, 0.05) is 38.3 Å². The van der Waals surface area contributed by atoms with Gasteiger partial charge in [0.05, 0.1) is 18.4 Å². The van der Waals surface area contributed by atoms with E-state index in [4.69, 9.17) is 10.5 Å². The fourth-order valence-electron chi connectivity index (χ4n) is 2.42. The lowest BCUT2D eigenvalue weighted by atomic mass is 10.1. The molecule has 1 saturated heterocycles. The van der Waals surface area contributed by atoms with Gasteiger partial charge in [0.15, 0.2) is 0 Å². The number of ether oxygens (including phenoxy) is 1. The predicted molar refractivity (Wildman–Crippen MR) is 88.9 cm³/mol. The molecule has 0 bridgehead atoms. The molecule has 2 rings (SSSR count). The van der Waals surface area contributed by atoms with Gasteiger partial charge in [-0.2, -0.15) is 4.31 Å². The molecule has 138 valence electrons. The second kappa shape index (κ2) is 8.37. The number of halogens is 1. The Hall–Kier alpha value is -2.04. The maximum atomic E-state index is 12.6. The van der Waals surface area contributed by atoms with E-state index in [0.717, 1.165) is 0 Å². The van der Waals surface area contributed by atoms with Crippen LogP contribution in [0.5, 0.6) is 5.88 Å². The van der Waals surface area contributed by atoms with Crippen molar-refractivity contribution in [1.29, 1.82) is 0 Å². The third-order valence-electron chi connectivity index (χ3n) is 3.94. The van der Waals surface area contributed by atoms with Crippen LogP contribution in [0.3, 0.4) is 0 Å². The van der Waals surface area contributed by atoms with Crippen LogP contribution < -0.4 is 15.8 Å². The minimum atomic E-state index is -3.73. The standard InChI is InChI=1S/C15H21FN4O4S/c1-18-15(21)12-4-5-20(9-12)25(22,23)13-2-3-14(19-8-13)24-10-11(6-16)7-17/h2-3,6,8,12H,4-5,7,9-10,17H2,1H3,(H,18,21)/b11-6+/t12-/m0/s1. The molecule has 25 heavy (non-hydrogen) atoms. The van der Waals surface area contributed by atoms with Crippen molar-refractivity contribution in [1.82, 2.24) is 14.6 Å². The first-order chi connectivity index (χ1) is 11.9. The van der Waals surface area contributed by atoms with E-state index in [1.165, 1.54) is 29.7 Å². The number of nitrogens with two attached hydrogens (primary N) is 1. The van der Waals surface area contributed by atoms with Gasteiger partial charge in [0.1, 0.15) is 11.5 Å². The van der Waals surface area contributed by atoms with Crippen LogP contribution >= 0.6 is 0 Å². The number of rotatable bonds is 7. The highest BCUT2D eigenvalue weighted by atomic mass is 32.2. The average molecular weight is 372 g/mol. The first-order valence-corrected chi connectivity index (χ1v) is 9.15. The number of carbonyl (C=O) groups is 1. The zero-order valence-electron chi connectivity index (χ0n) is 13.8. The number of nitrogens with one attached hydrogen (secondary N) is 1.